The summed E-state index contributed by atoms with van der Waals surface area (Å²) in [5, 5.41) is 2.69. The molecule has 1 rings (SSSR count). The Labute approximate surface area is 76.4 Å². The molecule has 0 saturated heterocycles. The number of rotatable bonds is 5. The highest BCUT2D eigenvalue weighted by Crippen LogP contribution is 2.18. The van der Waals surface area contributed by atoms with Crippen molar-refractivity contribution < 1.29 is 9.47 Å². The number of hydrogen-bond donors (Lipinski definition) is 0. The van der Waals surface area contributed by atoms with Crippen molar-refractivity contribution in [1.29, 1.82) is 0 Å². The van der Waals surface area contributed by atoms with E-state index in [-0.39, 0.29) is 6.54 Å². The zero-order valence-electron chi connectivity index (χ0n) is 7.40. The normalized spacial score (nSPS) is 9.31. The Hall–Kier alpha value is -1.58. The summed E-state index contributed by atoms with van der Waals surface area (Å²) in [4.78, 5) is 9.76. The molecule has 4 nitrogen and oxygen atoms in total. The molecule has 1 aromatic carbocycles. The minimum absolute atomic E-state index is 0.164. The van der Waals surface area contributed by atoms with Crippen LogP contribution in [-0.2, 0) is 0 Å². The molecule has 0 aliphatic heterocycles. The highest BCUT2D eigenvalue weighted by molar-refractivity contribution is 5.32. The van der Waals surface area contributed by atoms with E-state index in [2.05, 4.69) is 5.18 Å². The number of methoxy groups -OCH3 is 1. The Kier molecular flexibility index (Phi) is 3.75. The van der Waals surface area contributed by atoms with Crippen LogP contribution in [0.3, 0.4) is 0 Å². The molecule has 0 unspecified atom stereocenters. The monoisotopic (exact) mass is 181 g/mol. The lowest BCUT2D eigenvalue weighted by Crippen LogP contribution is -2.00. The molecule has 0 aromatic heterocycles. The molecule has 0 radical (unpaired) electrons. The molecule has 4 heteroatoms. The van der Waals surface area contributed by atoms with Crippen LogP contribution in [0.2, 0.25) is 0 Å². The zero-order valence-corrected chi connectivity index (χ0v) is 7.40. The predicted octanol–water partition coefficient (Wildman–Crippen LogP) is 1.84. The van der Waals surface area contributed by atoms with E-state index in [1.807, 2.05) is 12.1 Å². The van der Waals surface area contributed by atoms with Crippen molar-refractivity contribution >= 4 is 0 Å². The molecular formula is C9H11NO3. The van der Waals surface area contributed by atoms with Crippen LogP contribution in [0.15, 0.2) is 29.4 Å². The molecule has 0 aliphatic rings. The van der Waals surface area contributed by atoms with Gasteiger partial charge in [0.1, 0.15) is 24.7 Å². The lowest BCUT2D eigenvalue weighted by molar-refractivity contribution is 0.325. The van der Waals surface area contributed by atoms with Crippen molar-refractivity contribution in [3.63, 3.8) is 0 Å². The molecule has 0 amide bonds. The average molecular weight is 181 g/mol. The second kappa shape index (κ2) is 5.13. The van der Waals surface area contributed by atoms with Gasteiger partial charge >= 0.3 is 0 Å². The minimum atomic E-state index is 0.164. The molecule has 0 fully saturated rings. The second-order valence-electron chi connectivity index (χ2n) is 2.38. The van der Waals surface area contributed by atoms with Crippen LogP contribution in [0.4, 0.5) is 0 Å². The van der Waals surface area contributed by atoms with E-state index in [9.17, 15) is 4.91 Å². The van der Waals surface area contributed by atoms with Gasteiger partial charge < -0.3 is 9.47 Å². The number of hydrogen-bond acceptors (Lipinski definition) is 4. The van der Waals surface area contributed by atoms with Gasteiger partial charge in [0.25, 0.3) is 0 Å². The third-order valence-electron chi connectivity index (χ3n) is 1.49. The van der Waals surface area contributed by atoms with E-state index in [1.54, 1.807) is 19.2 Å². The first kappa shape index (κ1) is 9.51. The molecule has 0 aliphatic carbocycles. The van der Waals surface area contributed by atoms with Gasteiger partial charge in [-0.1, -0.05) is 11.2 Å². The fraction of sp³-hybridized carbons (Fsp3) is 0.333. The van der Waals surface area contributed by atoms with E-state index < -0.39 is 0 Å². The molecule has 1 aromatic rings. The third kappa shape index (κ3) is 3.11. The number of nitrogens with zero attached hydrogens (tertiary/aromatic N) is 1. The Morgan fingerprint density at radius 2 is 2.15 bits per heavy atom. The van der Waals surface area contributed by atoms with E-state index in [1.165, 1.54) is 0 Å². The maximum Gasteiger partial charge on any atom is 0.123 e. The summed E-state index contributed by atoms with van der Waals surface area (Å²) in [5.41, 5.74) is 0. The van der Waals surface area contributed by atoms with Crippen LogP contribution in [-0.4, -0.2) is 20.3 Å². The van der Waals surface area contributed by atoms with Gasteiger partial charge in [0, 0.05) is 6.07 Å². The van der Waals surface area contributed by atoms with Crippen LogP contribution in [0.1, 0.15) is 0 Å². The molecule has 0 bridgehead atoms. The van der Waals surface area contributed by atoms with Crippen LogP contribution < -0.4 is 9.47 Å². The van der Waals surface area contributed by atoms with Gasteiger partial charge in [-0.3, -0.25) is 0 Å². The van der Waals surface area contributed by atoms with Crippen molar-refractivity contribution in [2.45, 2.75) is 0 Å². The van der Waals surface area contributed by atoms with Gasteiger partial charge in [0.15, 0.2) is 0 Å². The second-order valence-corrected chi connectivity index (χ2v) is 2.38. The van der Waals surface area contributed by atoms with Crippen molar-refractivity contribution in [2.75, 3.05) is 20.3 Å². The number of nitroso groups, excluding NO2 is 1. The van der Waals surface area contributed by atoms with Gasteiger partial charge in [0.05, 0.1) is 7.11 Å². The average Bonchev–Trinajstić information content (AvgIpc) is 2.19. The van der Waals surface area contributed by atoms with Gasteiger partial charge in [0.2, 0.25) is 0 Å². The summed E-state index contributed by atoms with van der Waals surface area (Å²) in [5.74, 6) is 1.42. The van der Waals surface area contributed by atoms with Gasteiger partial charge in [-0.05, 0) is 12.1 Å². The lowest BCUT2D eigenvalue weighted by atomic mass is 10.3. The summed E-state index contributed by atoms with van der Waals surface area (Å²) in [6.07, 6.45) is 0. The molecule has 0 atom stereocenters. The van der Waals surface area contributed by atoms with Crippen LogP contribution >= 0.6 is 0 Å². The number of benzene rings is 1. The summed E-state index contributed by atoms with van der Waals surface area (Å²) >= 11 is 0. The maximum absolute atomic E-state index is 9.76. The van der Waals surface area contributed by atoms with Gasteiger partial charge in [-0.15, -0.1) is 0 Å². The maximum atomic E-state index is 9.76. The summed E-state index contributed by atoms with van der Waals surface area (Å²) < 4.78 is 10.2. The fourth-order valence-electron chi connectivity index (χ4n) is 0.892. The molecule has 0 saturated carbocycles. The van der Waals surface area contributed by atoms with Crippen molar-refractivity contribution in [1.82, 2.24) is 0 Å². The number of ether oxygens (including phenoxy) is 2. The summed E-state index contributed by atoms with van der Waals surface area (Å²) in [6.45, 7) is 0.466. The van der Waals surface area contributed by atoms with Crippen molar-refractivity contribution in [3.8, 4) is 11.5 Å². The summed E-state index contributed by atoms with van der Waals surface area (Å²) in [6, 6.07) is 7.20. The SMILES string of the molecule is COc1cccc(OCCN=O)c1. The van der Waals surface area contributed by atoms with Gasteiger partial charge in [-0.25, -0.2) is 0 Å². The minimum Gasteiger partial charge on any atom is -0.497 e. The Morgan fingerprint density at radius 3 is 2.85 bits per heavy atom. The smallest absolute Gasteiger partial charge is 0.123 e. The topological polar surface area (TPSA) is 47.9 Å². The third-order valence-corrected chi connectivity index (χ3v) is 1.49. The van der Waals surface area contributed by atoms with Crippen molar-refractivity contribution in [2.24, 2.45) is 5.18 Å². The van der Waals surface area contributed by atoms with Crippen LogP contribution in [0.25, 0.3) is 0 Å². The zero-order chi connectivity index (χ0) is 9.52. The van der Waals surface area contributed by atoms with E-state index in [4.69, 9.17) is 9.47 Å². The molecular weight excluding hydrogens is 170 g/mol. The first-order chi connectivity index (χ1) is 6.36. The highest BCUT2D eigenvalue weighted by Gasteiger charge is 1.95. The van der Waals surface area contributed by atoms with E-state index >= 15 is 0 Å². The summed E-state index contributed by atoms with van der Waals surface area (Å²) in [7, 11) is 1.59. The molecule has 0 spiro atoms. The van der Waals surface area contributed by atoms with Crippen LogP contribution in [0, 0.1) is 4.91 Å². The standard InChI is InChI=1S/C9H11NO3/c1-12-8-3-2-4-9(7-8)13-6-5-10-11/h2-4,7H,5-6H2,1H3. The van der Waals surface area contributed by atoms with Crippen molar-refractivity contribution in [3.05, 3.63) is 29.2 Å². The highest BCUT2D eigenvalue weighted by atomic mass is 16.5. The lowest BCUT2D eigenvalue weighted by Gasteiger charge is -2.04. The Morgan fingerprint density at radius 1 is 1.38 bits per heavy atom. The quantitative estimate of drug-likeness (QED) is 0.514. The molecule has 13 heavy (non-hydrogen) atoms. The Balaban J connectivity index is 2.50. The van der Waals surface area contributed by atoms with Crippen LogP contribution in [0.5, 0.6) is 11.5 Å². The first-order valence-electron chi connectivity index (χ1n) is 3.93. The largest absolute Gasteiger partial charge is 0.497 e. The molecule has 70 valence electrons. The Bertz CT molecular complexity index is 275. The van der Waals surface area contributed by atoms with E-state index in [0.717, 1.165) is 5.75 Å². The van der Waals surface area contributed by atoms with E-state index in [0.29, 0.717) is 12.4 Å². The predicted molar refractivity (Wildman–Crippen MR) is 49.2 cm³/mol. The first-order valence-corrected chi connectivity index (χ1v) is 3.93. The fourth-order valence-corrected chi connectivity index (χ4v) is 0.892. The van der Waals surface area contributed by atoms with Gasteiger partial charge in [-0.2, -0.15) is 4.91 Å². The molecule has 0 heterocycles. The molecule has 0 N–H and O–H groups in total.